The van der Waals surface area contributed by atoms with E-state index in [4.69, 9.17) is 14.6 Å². The third kappa shape index (κ3) is 5.43. The van der Waals surface area contributed by atoms with Crippen molar-refractivity contribution in [1.29, 1.82) is 0 Å². The molecule has 2 heterocycles. The van der Waals surface area contributed by atoms with Gasteiger partial charge >= 0.3 is 5.97 Å². The lowest BCUT2D eigenvalue weighted by atomic mass is 10.2. The van der Waals surface area contributed by atoms with Gasteiger partial charge in [-0.25, -0.2) is 14.4 Å². The van der Waals surface area contributed by atoms with Crippen LogP contribution in [-0.2, 0) is 11.2 Å². The lowest BCUT2D eigenvalue weighted by molar-refractivity contribution is -0.136. The molecule has 0 aliphatic carbocycles. The molecule has 0 atom stereocenters. The van der Waals surface area contributed by atoms with Crippen molar-refractivity contribution in [2.24, 2.45) is 0 Å². The molecule has 2 aromatic carbocycles. The SMILES string of the molecule is COc1ccc(-c2ncc(F)c(N(C)CCCOc3ccc4[nH]c(CC(=O)O)cc4c3)n2)cc1. The summed E-state index contributed by atoms with van der Waals surface area (Å²) in [6.45, 7) is 0.964. The van der Waals surface area contributed by atoms with Crippen LogP contribution in [0.3, 0.4) is 0 Å². The monoisotopic (exact) mass is 464 g/mol. The normalized spacial score (nSPS) is 10.9. The van der Waals surface area contributed by atoms with Crippen molar-refractivity contribution in [3.63, 3.8) is 0 Å². The van der Waals surface area contributed by atoms with Crippen LogP contribution in [0.2, 0.25) is 0 Å². The highest BCUT2D eigenvalue weighted by molar-refractivity contribution is 5.83. The highest BCUT2D eigenvalue weighted by Crippen LogP contribution is 2.24. The third-order valence-electron chi connectivity index (χ3n) is 5.33. The Balaban J connectivity index is 1.34. The molecule has 0 aliphatic heterocycles. The molecule has 2 aromatic heterocycles. The standard InChI is InChI=1S/C25H25FN4O4/c1-30(25-21(26)15-27-24(29-25)16-4-6-19(33-2)7-5-16)10-3-11-34-20-8-9-22-17(13-20)12-18(28-22)14-23(31)32/h4-9,12-13,15,28H,3,10-11,14H2,1-2H3,(H,31,32). The van der Waals surface area contributed by atoms with Crippen molar-refractivity contribution in [3.05, 3.63) is 66.2 Å². The molecule has 0 fully saturated rings. The van der Waals surface area contributed by atoms with E-state index >= 15 is 0 Å². The number of rotatable bonds is 10. The first-order chi connectivity index (χ1) is 16.4. The van der Waals surface area contributed by atoms with Crippen LogP contribution in [0, 0.1) is 5.82 Å². The zero-order valence-electron chi connectivity index (χ0n) is 18.9. The lowest BCUT2D eigenvalue weighted by Crippen LogP contribution is -2.23. The number of aromatic nitrogens is 3. The van der Waals surface area contributed by atoms with Gasteiger partial charge in [-0.3, -0.25) is 4.79 Å². The molecule has 9 heteroatoms. The van der Waals surface area contributed by atoms with E-state index < -0.39 is 11.8 Å². The van der Waals surface area contributed by atoms with Crippen LogP contribution in [-0.4, -0.2) is 53.3 Å². The Kier molecular flexibility index (Phi) is 6.91. The summed E-state index contributed by atoms with van der Waals surface area (Å²) in [6.07, 6.45) is 1.77. The van der Waals surface area contributed by atoms with Gasteiger partial charge in [0.15, 0.2) is 17.5 Å². The molecule has 0 spiro atoms. The molecule has 176 valence electrons. The number of benzene rings is 2. The number of fused-ring (bicyclic) bond motifs is 1. The van der Waals surface area contributed by atoms with E-state index in [1.165, 1.54) is 6.20 Å². The van der Waals surface area contributed by atoms with Gasteiger partial charge in [-0.2, -0.15) is 0 Å². The number of methoxy groups -OCH3 is 1. The maximum atomic E-state index is 14.4. The van der Waals surface area contributed by atoms with Gasteiger partial charge in [-0.1, -0.05) is 0 Å². The predicted molar refractivity (Wildman–Crippen MR) is 127 cm³/mol. The number of hydrogen-bond donors (Lipinski definition) is 2. The van der Waals surface area contributed by atoms with Crippen molar-refractivity contribution in [1.82, 2.24) is 15.0 Å². The molecule has 0 bridgehead atoms. The zero-order chi connectivity index (χ0) is 24.1. The Bertz CT molecular complexity index is 1290. The van der Waals surface area contributed by atoms with Gasteiger partial charge in [0.05, 0.1) is 26.3 Å². The first-order valence-electron chi connectivity index (χ1n) is 10.8. The minimum Gasteiger partial charge on any atom is -0.497 e. The summed E-state index contributed by atoms with van der Waals surface area (Å²) in [6, 6.07) is 14.6. The first-order valence-corrected chi connectivity index (χ1v) is 10.8. The molecular weight excluding hydrogens is 439 g/mol. The van der Waals surface area contributed by atoms with Gasteiger partial charge in [-0.05, 0) is 55.0 Å². The molecule has 0 amide bonds. The van der Waals surface area contributed by atoms with E-state index in [0.29, 0.717) is 36.8 Å². The summed E-state index contributed by atoms with van der Waals surface area (Å²) >= 11 is 0. The lowest BCUT2D eigenvalue weighted by Gasteiger charge is -2.19. The number of carboxylic acid groups (broad SMARTS) is 1. The summed E-state index contributed by atoms with van der Waals surface area (Å²) in [4.78, 5) is 24.2. The predicted octanol–water partition coefficient (Wildman–Crippen LogP) is 4.31. The molecule has 0 radical (unpaired) electrons. The Morgan fingerprint density at radius 2 is 1.91 bits per heavy atom. The van der Waals surface area contributed by atoms with E-state index in [1.54, 1.807) is 31.2 Å². The number of nitrogens with one attached hydrogen (secondary N) is 1. The number of halogens is 1. The molecule has 34 heavy (non-hydrogen) atoms. The van der Waals surface area contributed by atoms with E-state index in [2.05, 4.69) is 15.0 Å². The molecule has 2 N–H and O–H groups in total. The Morgan fingerprint density at radius 3 is 2.65 bits per heavy atom. The quantitative estimate of drug-likeness (QED) is 0.337. The minimum absolute atomic E-state index is 0.0585. The molecule has 0 aliphatic rings. The number of aromatic amines is 1. The fraction of sp³-hybridized carbons (Fsp3) is 0.240. The van der Waals surface area contributed by atoms with Crippen molar-refractivity contribution >= 4 is 22.7 Å². The number of anilines is 1. The van der Waals surface area contributed by atoms with E-state index in [9.17, 15) is 9.18 Å². The van der Waals surface area contributed by atoms with Crippen molar-refractivity contribution in [2.75, 3.05) is 32.2 Å². The maximum Gasteiger partial charge on any atom is 0.309 e. The summed E-state index contributed by atoms with van der Waals surface area (Å²) in [5, 5.41) is 9.83. The molecule has 0 saturated heterocycles. The van der Waals surface area contributed by atoms with Crippen LogP contribution in [0.5, 0.6) is 11.5 Å². The Morgan fingerprint density at radius 1 is 1.15 bits per heavy atom. The maximum absolute atomic E-state index is 14.4. The highest BCUT2D eigenvalue weighted by atomic mass is 19.1. The second-order valence-electron chi connectivity index (χ2n) is 7.83. The van der Waals surface area contributed by atoms with Crippen LogP contribution in [0.1, 0.15) is 12.1 Å². The van der Waals surface area contributed by atoms with Crippen molar-refractivity contribution in [3.8, 4) is 22.9 Å². The second-order valence-corrected chi connectivity index (χ2v) is 7.83. The van der Waals surface area contributed by atoms with E-state index in [-0.39, 0.29) is 12.2 Å². The Labute approximate surface area is 196 Å². The van der Waals surface area contributed by atoms with Crippen molar-refractivity contribution < 1.29 is 23.8 Å². The molecule has 4 rings (SSSR count). The Hall–Kier alpha value is -4.14. The van der Waals surface area contributed by atoms with Crippen LogP contribution in [0.4, 0.5) is 10.2 Å². The minimum atomic E-state index is -0.886. The van der Waals surface area contributed by atoms with Gasteiger partial charge in [0.2, 0.25) is 0 Å². The number of hydrogen-bond acceptors (Lipinski definition) is 6. The van der Waals surface area contributed by atoms with E-state index in [1.807, 2.05) is 36.4 Å². The van der Waals surface area contributed by atoms with Gasteiger partial charge < -0.3 is 24.5 Å². The molecule has 0 unspecified atom stereocenters. The van der Waals surface area contributed by atoms with Crippen LogP contribution >= 0.6 is 0 Å². The molecule has 8 nitrogen and oxygen atoms in total. The van der Waals surface area contributed by atoms with Gasteiger partial charge in [-0.15, -0.1) is 0 Å². The van der Waals surface area contributed by atoms with Gasteiger partial charge in [0.25, 0.3) is 0 Å². The average molecular weight is 464 g/mol. The van der Waals surface area contributed by atoms with Crippen LogP contribution in [0.25, 0.3) is 22.3 Å². The van der Waals surface area contributed by atoms with Crippen molar-refractivity contribution in [2.45, 2.75) is 12.8 Å². The average Bonchev–Trinajstić information content (AvgIpc) is 3.23. The van der Waals surface area contributed by atoms with Crippen LogP contribution < -0.4 is 14.4 Å². The number of aliphatic carboxylic acids is 1. The first kappa shape index (κ1) is 23.0. The largest absolute Gasteiger partial charge is 0.497 e. The van der Waals surface area contributed by atoms with Gasteiger partial charge in [0.1, 0.15) is 11.5 Å². The zero-order valence-corrected chi connectivity index (χ0v) is 18.9. The summed E-state index contributed by atoms with van der Waals surface area (Å²) in [5.41, 5.74) is 2.27. The van der Waals surface area contributed by atoms with Gasteiger partial charge in [0, 0.05) is 35.8 Å². The summed E-state index contributed by atoms with van der Waals surface area (Å²) in [7, 11) is 3.37. The fourth-order valence-corrected chi connectivity index (χ4v) is 3.62. The highest BCUT2D eigenvalue weighted by Gasteiger charge is 2.13. The summed E-state index contributed by atoms with van der Waals surface area (Å²) < 4.78 is 25.4. The van der Waals surface area contributed by atoms with E-state index in [0.717, 1.165) is 22.2 Å². The smallest absolute Gasteiger partial charge is 0.309 e. The molecular formula is C25H25FN4O4. The number of nitrogens with zero attached hydrogens (tertiary/aromatic N) is 3. The number of carbonyl (C=O) groups is 1. The second kappa shape index (κ2) is 10.2. The third-order valence-corrected chi connectivity index (χ3v) is 5.33. The molecule has 0 saturated carbocycles. The number of ether oxygens (including phenoxy) is 2. The van der Waals surface area contributed by atoms with Crippen LogP contribution in [0.15, 0.2) is 54.7 Å². The summed E-state index contributed by atoms with van der Waals surface area (Å²) in [5.74, 6) is 0.689. The fourth-order valence-electron chi connectivity index (χ4n) is 3.62. The number of H-pyrrole nitrogens is 1. The number of carboxylic acids is 1. The molecule has 4 aromatic rings. The topological polar surface area (TPSA) is 101 Å².